The van der Waals surface area contributed by atoms with E-state index < -0.39 is 11.7 Å². The van der Waals surface area contributed by atoms with Crippen molar-refractivity contribution in [2.45, 2.75) is 44.3 Å². The molecule has 4 heteroatoms. The Balaban J connectivity index is 2.09. The highest BCUT2D eigenvalue weighted by atomic mass is 19.4. The Hall–Kier alpha value is -1.03. The lowest BCUT2D eigenvalue weighted by atomic mass is 9.88. The molecule has 0 spiro atoms. The largest absolute Gasteiger partial charge is 0.416 e. The number of hydrogen-bond donors (Lipinski definition) is 1. The molecule has 0 aromatic heterocycles. The fourth-order valence-electron chi connectivity index (χ4n) is 2.51. The van der Waals surface area contributed by atoms with Crippen LogP contribution in [0.15, 0.2) is 24.3 Å². The summed E-state index contributed by atoms with van der Waals surface area (Å²) < 4.78 is 37.4. The molecule has 1 aliphatic heterocycles. The van der Waals surface area contributed by atoms with Crippen LogP contribution in [0.3, 0.4) is 0 Å². The second-order valence-electron chi connectivity index (χ2n) is 4.96. The van der Waals surface area contributed by atoms with E-state index in [9.17, 15) is 13.2 Å². The molecule has 18 heavy (non-hydrogen) atoms. The lowest BCUT2D eigenvalue weighted by Crippen LogP contribution is -2.37. The molecule has 2 unspecified atom stereocenters. The maximum absolute atomic E-state index is 12.5. The second-order valence-corrected chi connectivity index (χ2v) is 4.96. The molecule has 0 bridgehead atoms. The number of rotatable bonds is 2. The summed E-state index contributed by atoms with van der Waals surface area (Å²) in [5, 5.41) is 3.44. The van der Waals surface area contributed by atoms with Crippen LogP contribution in [0.2, 0.25) is 0 Å². The van der Waals surface area contributed by atoms with Crippen molar-refractivity contribution in [2.75, 3.05) is 6.54 Å². The molecule has 1 aromatic carbocycles. The second kappa shape index (κ2) is 5.31. The normalized spacial score (nSPS) is 22.8. The fraction of sp³-hybridized carbons (Fsp3) is 0.571. The van der Waals surface area contributed by atoms with E-state index in [1.807, 2.05) is 0 Å². The van der Waals surface area contributed by atoms with E-state index in [1.54, 1.807) is 12.1 Å². The van der Waals surface area contributed by atoms with Gasteiger partial charge in [0.15, 0.2) is 0 Å². The van der Waals surface area contributed by atoms with Gasteiger partial charge < -0.3 is 5.32 Å². The van der Waals surface area contributed by atoms with Crippen molar-refractivity contribution >= 4 is 0 Å². The minimum Gasteiger partial charge on any atom is -0.313 e. The third-order valence-corrected chi connectivity index (χ3v) is 3.72. The van der Waals surface area contributed by atoms with Crippen molar-refractivity contribution in [3.63, 3.8) is 0 Å². The Morgan fingerprint density at radius 2 is 1.83 bits per heavy atom. The Morgan fingerprint density at radius 3 is 2.33 bits per heavy atom. The average molecular weight is 257 g/mol. The maximum atomic E-state index is 12.5. The average Bonchev–Trinajstić information content (AvgIpc) is 2.38. The molecule has 1 aromatic rings. The standard InChI is InChI=1S/C14H18F3N/c1-10(13-4-2-3-9-18-13)11-5-7-12(8-6-11)14(15,16)17/h5-8,10,13,18H,2-4,9H2,1H3. The highest BCUT2D eigenvalue weighted by molar-refractivity contribution is 5.27. The van der Waals surface area contributed by atoms with Crippen LogP contribution in [0.1, 0.15) is 43.2 Å². The van der Waals surface area contributed by atoms with E-state index >= 15 is 0 Å². The summed E-state index contributed by atoms with van der Waals surface area (Å²) in [7, 11) is 0. The molecule has 0 saturated carbocycles. The summed E-state index contributed by atoms with van der Waals surface area (Å²) in [6.45, 7) is 3.08. The molecule has 0 radical (unpaired) electrons. The summed E-state index contributed by atoms with van der Waals surface area (Å²) in [6.07, 6.45) is -0.758. The zero-order chi connectivity index (χ0) is 13.2. The molecule has 100 valence electrons. The highest BCUT2D eigenvalue weighted by Crippen LogP contribution is 2.31. The SMILES string of the molecule is CC(c1ccc(C(F)(F)F)cc1)C1CCCCN1. The van der Waals surface area contributed by atoms with Gasteiger partial charge in [-0.3, -0.25) is 0 Å². The molecular weight excluding hydrogens is 239 g/mol. The predicted octanol–water partition coefficient (Wildman–Crippen LogP) is 3.95. The molecule has 1 aliphatic rings. The molecule has 1 heterocycles. The van der Waals surface area contributed by atoms with Crippen LogP contribution < -0.4 is 5.32 Å². The van der Waals surface area contributed by atoms with Gasteiger partial charge in [0.25, 0.3) is 0 Å². The molecule has 2 rings (SSSR count). The molecule has 1 nitrogen and oxygen atoms in total. The quantitative estimate of drug-likeness (QED) is 0.845. The van der Waals surface area contributed by atoms with E-state index in [-0.39, 0.29) is 5.92 Å². The highest BCUT2D eigenvalue weighted by Gasteiger charge is 2.30. The number of piperidine rings is 1. The van der Waals surface area contributed by atoms with Gasteiger partial charge in [0, 0.05) is 6.04 Å². The van der Waals surface area contributed by atoms with Crippen LogP contribution in [0.25, 0.3) is 0 Å². The zero-order valence-corrected chi connectivity index (χ0v) is 10.4. The minimum atomic E-state index is -4.25. The van der Waals surface area contributed by atoms with Gasteiger partial charge in [-0.25, -0.2) is 0 Å². The van der Waals surface area contributed by atoms with Gasteiger partial charge in [-0.05, 0) is 43.0 Å². The number of halogens is 3. The number of alkyl halides is 3. The van der Waals surface area contributed by atoms with Crippen LogP contribution in [0, 0.1) is 0 Å². The monoisotopic (exact) mass is 257 g/mol. The van der Waals surface area contributed by atoms with Crippen molar-refractivity contribution in [1.29, 1.82) is 0 Å². The van der Waals surface area contributed by atoms with Crippen LogP contribution in [0.4, 0.5) is 13.2 Å². The van der Waals surface area contributed by atoms with E-state index in [0.29, 0.717) is 6.04 Å². The third kappa shape index (κ3) is 3.05. The van der Waals surface area contributed by atoms with E-state index in [2.05, 4.69) is 12.2 Å². The molecule has 0 amide bonds. The molecule has 1 saturated heterocycles. The first-order chi connectivity index (χ1) is 8.48. The molecule has 0 aliphatic carbocycles. The third-order valence-electron chi connectivity index (χ3n) is 3.72. The van der Waals surface area contributed by atoms with E-state index in [1.165, 1.54) is 25.0 Å². The first-order valence-electron chi connectivity index (χ1n) is 6.39. The van der Waals surface area contributed by atoms with Gasteiger partial charge in [-0.15, -0.1) is 0 Å². The van der Waals surface area contributed by atoms with Crippen LogP contribution in [-0.4, -0.2) is 12.6 Å². The van der Waals surface area contributed by atoms with Crippen LogP contribution in [-0.2, 0) is 6.18 Å². The predicted molar refractivity (Wildman–Crippen MR) is 65.5 cm³/mol. The molecule has 1 fully saturated rings. The van der Waals surface area contributed by atoms with Crippen molar-refractivity contribution in [3.8, 4) is 0 Å². The number of benzene rings is 1. The van der Waals surface area contributed by atoms with Crippen molar-refractivity contribution in [1.82, 2.24) is 5.32 Å². The summed E-state index contributed by atoms with van der Waals surface area (Å²) in [4.78, 5) is 0. The Bertz CT molecular complexity index is 377. The van der Waals surface area contributed by atoms with Crippen molar-refractivity contribution in [2.24, 2.45) is 0 Å². The summed E-state index contributed by atoms with van der Waals surface area (Å²) >= 11 is 0. The first kappa shape index (κ1) is 13.4. The maximum Gasteiger partial charge on any atom is 0.416 e. The van der Waals surface area contributed by atoms with Crippen molar-refractivity contribution in [3.05, 3.63) is 35.4 Å². The Morgan fingerprint density at radius 1 is 1.17 bits per heavy atom. The van der Waals surface area contributed by atoms with E-state index in [4.69, 9.17) is 0 Å². The Labute approximate surface area is 105 Å². The Kier molecular flexibility index (Phi) is 3.95. The van der Waals surface area contributed by atoms with Gasteiger partial charge in [-0.2, -0.15) is 13.2 Å². The van der Waals surface area contributed by atoms with Crippen LogP contribution >= 0.6 is 0 Å². The van der Waals surface area contributed by atoms with Gasteiger partial charge in [0.1, 0.15) is 0 Å². The van der Waals surface area contributed by atoms with Gasteiger partial charge in [0.05, 0.1) is 5.56 Å². The number of hydrogen-bond acceptors (Lipinski definition) is 1. The summed E-state index contributed by atoms with van der Waals surface area (Å²) in [5.74, 6) is 0.257. The molecule has 1 N–H and O–H groups in total. The minimum absolute atomic E-state index is 0.257. The lowest BCUT2D eigenvalue weighted by molar-refractivity contribution is -0.137. The van der Waals surface area contributed by atoms with E-state index in [0.717, 1.165) is 18.5 Å². The van der Waals surface area contributed by atoms with Gasteiger partial charge in [0.2, 0.25) is 0 Å². The van der Waals surface area contributed by atoms with Crippen LogP contribution in [0.5, 0.6) is 0 Å². The zero-order valence-electron chi connectivity index (χ0n) is 10.4. The first-order valence-corrected chi connectivity index (χ1v) is 6.39. The topological polar surface area (TPSA) is 12.0 Å². The van der Waals surface area contributed by atoms with Gasteiger partial charge >= 0.3 is 6.18 Å². The number of nitrogens with one attached hydrogen (secondary N) is 1. The van der Waals surface area contributed by atoms with Gasteiger partial charge in [-0.1, -0.05) is 25.5 Å². The van der Waals surface area contributed by atoms with Crippen molar-refractivity contribution < 1.29 is 13.2 Å². The molecule has 2 atom stereocenters. The summed E-state index contributed by atoms with van der Waals surface area (Å²) in [5.41, 5.74) is 0.400. The summed E-state index contributed by atoms with van der Waals surface area (Å²) in [6, 6.07) is 5.94. The molecular formula is C14H18F3N. The fourth-order valence-corrected chi connectivity index (χ4v) is 2.51. The smallest absolute Gasteiger partial charge is 0.313 e. The lowest BCUT2D eigenvalue weighted by Gasteiger charge is -2.29.